The van der Waals surface area contributed by atoms with E-state index in [-0.39, 0.29) is 42.4 Å². The van der Waals surface area contributed by atoms with Gasteiger partial charge in [-0.2, -0.15) is 13.2 Å². The molecule has 0 bridgehead atoms. The number of esters is 1. The summed E-state index contributed by atoms with van der Waals surface area (Å²) in [5, 5.41) is 3.47. The maximum Gasteiger partial charge on any atom is 0.417 e. The smallest absolute Gasteiger partial charge is 0.417 e. The Bertz CT molecular complexity index is 1410. The molecule has 4 rings (SSSR count). The topological polar surface area (TPSA) is 116 Å². The molecule has 2 aromatic carbocycles. The molecular formula is C28H29F3N2O7. The van der Waals surface area contributed by atoms with Crippen LogP contribution in [-0.4, -0.2) is 69.7 Å². The van der Waals surface area contributed by atoms with Crippen molar-refractivity contribution in [2.45, 2.75) is 24.6 Å². The Hall–Kier alpha value is -3.74. The van der Waals surface area contributed by atoms with Crippen molar-refractivity contribution in [3.8, 4) is 11.3 Å². The fraction of sp³-hybridized carbons (Fsp3) is 0.393. The molecule has 3 aromatic rings. The fourth-order valence-corrected chi connectivity index (χ4v) is 4.51. The Balaban J connectivity index is 1.37. The normalized spacial score (nSPS) is 17.2. The summed E-state index contributed by atoms with van der Waals surface area (Å²) in [6.45, 7) is 1.14. The monoisotopic (exact) mass is 562 g/mol. The Labute approximate surface area is 227 Å². The maximum absolute atomic E-state index is 13.5. The number of ether oxygens (including phenoxy) is 4. The Morgan fingerprint density at radius 1 is 1.00 bits per heavy atom. The standard InChI is InChI=1S/C28H29F3N2O7/c1-37-8-9-38-10-11-39-16-25(34)40-15-19-14-22(26(35)32-19)17-6-7-18-13-24(33-27(36)21(18)12-17)20-4-2-3-5-23(20)28(29,30)31/h2-7,12-13,19,22H,8-11,14-16H2,1H3,(H,32,35)(H,33,36)/t19?,22-/m0/s1. The number of hydrogen-bond acceptors (Lipinski definition) is 7. The number of alkyl halides is 3. The number of pyridine rings is 1. The second-order valence-corrected chi connectivity index (χ2v) is 9.24. The number of aromatic nitrogens is 1. The molecule has 0 radical (unpaired) electrons. The van der Waals surface area contributed by atoms with Gasteiger partial charge in [0.05, 0.1) is 44.0 Å². The summed E-state index contributed by atoms with van der Waals surface area (Å²) in [6, 6.07) is 10.9. The molecule has 214 valence electrons. The highest BCUT2D eigenvalue weighted by Gasteiger charge is 2.35. The lowest BCUT2D eigenvalue weighted by Gasteiger charge is -2.14. The van der Waals surface area contributed by atoms with E-state index in [1.807, 2.05) is 0 Å². The van der Waals surface area contributed by atoms with Crippen LogP contribution in [0.1, 0.15) is 23.5 Å². The lowest BCUT2D eigenvalue weighted by atomic mass is 9.93. The van der Waals surface area contributed by atoms with Crippen molar-refractivity contribution < 1.29 is 41.7 Å². The zero-order valence-electron chi connectivity index (χ0n) is 21.7. The summed E-state index contributed by atoms with van der Waals surface area (Å²) in [5.41, 5.74) is -0.939. The lowest BCUT2D eigenvalue weighted by Crippen LogP contribution is -2.31. The van der Waals surface area contributed by atoms with E-state index < -0.39 is 35.2 Å². The number of fused-ring (bicyclic) bond motifs is 1. The summed E-state index contributed by atoms with van der Waals surface area (Å²) in [7, 11) is 1.57. The number of rotatable bonds is 12. The third-order valence-electron chi connectivity index (χ3n) is 6.45. The minimum absolute atomic E-state index is 0.0368. The molecule has 40 heavy (non-hydrogen) atoms. The molecule has 1 amide bonds. The molecule has 2 N–H and O–H groups in total. The predicted molar refractivity (Wildman–Crippen MR) is 139 cm³/mol. The predicted octanol–water partition coefficient (Wildman–Crippen LogP) is 3.41. The SMILES string of the molecule is COCCOCCOCC(=O)OCC1C[C@@H](c2ccc3cc(-c4ccccc4C(F)(F)F)[nH]c(=O)c3c2)C(=O)N1. The zero-order chi connectivity index (χ0) is 28.7. The molecular weight excluding hydrogens is 533 g/mol. The summed E-state index contributed by atoms with van der Waals surface area (Å²) >= 11 is 0. The largest absolute Gasteiger partial charge is 0.462 e. The number of benzene rings is 2. The van der Waals surface area contributed by atoms with Gasteiger partial charge in [0.15, 0.2) is 0 Å². The highest BCUT2D eigenvalue weighted by atomic mass is 19.4. The van der Waals surface area contributed by atoms with Crippen molar-refractivity contribution in [1.29, 1.82) is 0 Å². The first-order chi connectivity index (χ1) is 19.2. The first-order valence-corrected chi connectivity index (χ1v) is 12.6. The van der Waals surface area contributed by atoms with Gasteiger partial charge in [0.25, 0.3) is 5.56 Å². The van der Waals surface area contributed by atoms with Crippen molar-refractivity contribution >= 4 is 22.6 Å². The third-order valence-corrected chi connectivity index (χ3v) is 6.45. The zero-order valence-corrected chi connectivity index (χ0v) is 21.7. The number of H-pyrrole nitrogens is 1. The minimum Gasteiger partial charge on any atom is -0.462 e. The van der Waals surface area contributed by atoms with Gasteiger partial charge >= 0.3 is 12.1 Å². The number of hydrogen-bond donors (Lipinski definition) is 2. The van der Waals surface area contributed by atoms with Crippen LogP contribution in [0.2, 0.25) is 0 Å². The molecule has 1 aliphatic heterocycles. The van der Waals surface area contributed by atoms with E-state index in [9.17, 15) is 27.6 Å². The van der Waals surface area contributed by atoms with Crippen molar-refractivity contribution in [2.75, 3.05) is 46.8 Å². The Morgan fingerprint density at radius 2 is 1.75 bits per heavy atom. The van der Waals surface area contributed by atoms with Crippen LogP contribution in [-0.2, 0) is 34.7 Å². The van der Waals surface area contributed by atoms with Crippen LogP contribution in [0.15, 0.2) is 53.3 Å². The third kappa shape index (κ3) is 7.26. The summed E-state index contributed by atoms with van der Waals surface area (Å²) < 4.78 is 60.9. The van der Waals surface area contributed by atoms with E-state index in [1.165, 1.54) is 24.3 Å². The van der Waals surface area contributed by atoms with E-state index in [1.54, 1.807) is 25.3 Å². The maximum atomic E-state index is 13.5. The number of carbonyl (C=O) groups excluding carboxylic acids is 2. The summed E-state index contributed by atoms with van der Waals surface area (Å²) in [4.78, 5) is 40.0. The Kier molecular flexibility index (Phi) is 9.56. The quantitative estimate of drug-likeness (QED) is 0.257. The van der Waals surface area contributed by atoms with Gasteiger partial charge in [0.1, 0.15) is 13.2 Å². The van der Waals surface area contributed by atoms with Gasteiger partial charge < -0.3 is 29.2 Å². The van der Waals surface area contributed by atoms with Gasteiger partial charge in [-0.15, -0.1) is 0 Å². The van der Waals surface area contributed by atoms with Crippen LogP contribution >= 0.6 is 0 Å². The highest BCUT2D eigenvalue weighted by Crippen LogP contribution is 2.37. The molecule has 1 fully saturated rings. The van der Waals surface area contributed by atoms with Gasteiger partial charge in [-0.1, -0.05) is 30.3 Å². The average molecular weight is 563 g/mol. The van der Waals surface area contributed by atoms with Crippen LogP contribution in [0.25, 0.3) is 22.0 Å². The number of nitrogens with one attached hydrogen (secondary N) is 2. The first-order valence-electron chi connectivity index (χ1n) is 12.6. The van der Waals surface area contributed by atoms with Crippen molar-refractivity contribution in [2.24, 2.45) is 0 Å². The molecule has 1 aliphatic rings. The van der Waals surface area contributed by atoms with E-state index in [0.717, 1.165) is 6.07 Å². The summed E-state index contributed by atoms with van der Waals surface area (Å²) in [5.74, 6) is -1.44. The molecule has 0 spiro atoms. The van der Waals surface area contributed by atoms with Gasteiger partial charge in [-0.05, 0) is 35.6 Å². The number of halogens is 3. The average Bonchev–Trinajstić information content (AvgIpc) is 3.31. The number of amides is 1. The van der Waals surface area contributed by atoms with Crippen molar-refractivity contribution in [1.82, 2.24) is 10.3 Å². The van der Waals surface area contributed by atoms with E-state index in [0.29, 0.717) is 37.2 Å². The molecule has 2 atom stereocenters. The molecule has 12 heteroatoms. The highest BCUT2D eigenvalue weighted by molar-refractivity contribution is 5.90. The van der Waals surface area contributed by atoms with E-state index >= 15 is 0 Å². The second-order valence-electron chi connectivity index (χ2n) is 9.24. The van der Waals surface area contributed by atoms with Gasteiger partial charge in [-0.3, -0.25) is 9.59 Å². The Morgan fingerprint density at radius 3 is 2.52 bits per heavy atom. The molecule has 0 saturated carbocycles. The fourth-order valence-electron chi connectivity index (χ4n) is 4.51. The van der Waals surface area contributed by atoms with Crippen LogP contribution < -0.4 is 10.9 Å². The summed E-state index contributed by atoms with van der Waals surface area (Å²) in [6.07, 6.45) is -4.25. The molecule has 1 aromatic heterocycles. The number of carbonyl (C=O) groups is 2. The van der Waals surface area contributed by atoms with Crippen LogP contribution in [0.4, 0.5) is 13.2 Å². The molecule has 2 heterocycles. The van der Waals surface area contributed by atoms with Crippen molar-refractivity contribution in [3.63, 3.8) is 0 Å². The van der Waals surface area contributed by atoms with Gasteiger partial charge in [0.2, 0.25) is 5.91 Å². The molecule has 9 nitrogen and oxygen atoms in total. The van der Waals surface area contributed by atoms with Gasteiger partial charge in [-0.25, -0.2) is 4.79 Å². The van der Waals surface area contributed by atoms with E-state index in [2.05, 4.69) is 10.3 Å². The van der Waals surface area contributed by atoms with E-state index in [4.69, 9.17) is 18.9 Å². The van der Waals surface area contributed by atoms with Gasteiger partial charge in [0, 0.05) is 23.8 Å². The number of aromatic amines is 1. The van der Waals surface area contributed by atoms with Crippen molar-refractivity contribution in [3.05, 3.63) is 70.0 Å². The number of methoxy groups -OCH3 is 1. The second kappa shape index (κ2) is 13.1. The van der Waals surface area contributed by atoms with Crippen LogP contribution in [0.3, 0.4) is 0 Å². The molecule has 0 aliphatic carbocycles. The van der Waals surface area contributed by atoms with Crippen LogP contribution in [0.5, 0.6) is 0 Å². The minimum atomic E-state index is -4.58. The first kappa shape index (κ1) is 29.2. The molecule has 1 unspecified atom stereocenters. The van der Waals surface area contributed by atoms with Crippen LogP contribution in [0, 0.1) is 0 Å². The molecule has 1 saturated heterocycles. The lowest BCUT2D eigenvalue weighted by molar-refractivity contribution is -0.150.